The highest BCUT2D eigenvalue weighted by atomic mass is 31.2. The van der Waals surface area contributed by atoms with Crippen LogP contribution in [0, 0.1) is 0 Å². The van der Waals surface area contributed by atoms with Crippen molar-refractivity contribution in [3.05, 3.63) is 47.2 Å². The minimum Gasteiger partial charge on any atom is -0.756 e. The largest absolute Gasteiger partial charge is 0.756 e. The number of quaternary nitrogens is 1. The monoisotopic (exact) mass is 624 g/mol. The van der Waals surface area contributed by atoms with Gasteiger partial charge in [-0.15, -0.1) is 0 Å². The highest BCUT2D eigenvalue weighted by Gasteiger charge is 2.29. The lowest BCUT2D eigenvalue weighted by Gasteiger charge is -2.27. The molecule has 10 heteroatoms. The predicted octanol–water partition coefficient (Wildman–Crippen LogP) is 9.01. The van der Waals surface area contributed by atoms with Gasteiger partial charge in [0.05, 0.1) is 33.4 Å². The fraction of sp³-hybridized carbons (Fsp3) is 0.727. The van der Waals surface area contributed by atoms with E-state index < -0.39 is 20.9 Å². The highest BCUT2D eigenvalue weighted by molar-refractivity contribution is 7.45. The summed E-state index contributed by atoms with van der Waals surface area (Å²) >= 11 is 0. The lowest BCUT2D eigenvalue weighted by atomic mass is 9.74. The summed E-state index contributed by atoms with van der Waals surface area (Å²) in [6.07, 6.45) is 31.2. The average molecular weight is 625 g/mol. The number of phosphoric acid groups is 1. The Morgan fingerprint density at radius 1 is 0.860 bits per heavy atom. The first-order valence-electron chi connectivity index (χ1n) is 16.6. The second-order valence-corrected chi connectivity index (χ2v) is 14.4. The third-order valence-corrected chi connectivity index (χ3v) is 8.91. The Morgan fingerprint density at radius 3 is 1.91 bits per heavy atom. The minimum atomic E-state index is -4.17. The van der Waals surface area contributed by atoms with Crippen LogP contribution in [0.1, 0.15) is 109 Å². The molecule has 0 saturated carbocycles. The molecule has 6 nitrogen and oxygen atoms in total. The van der Waals surface area contributed by atoms with E-state index in [0.717, 1.165) is 37.8 Å². The molecule has 43 heavy (non-hydrogen) atoms. The van der Waals surface area contributed by atoms with Gasteiger partial charge in [-0.3, -0.25) is 18.2 Å². The number of allylic oxidation sites excluding steroid dienone is 7. The van der Waals surface area contributed by atoms with Crippen molar-refractivity contribution in [2.45, 2.75) is 115 Å². The molecule has 1 heterocycles. The van der Waals surface area contributed by atoms with Crippen molar-refractivity contribution in [1.82, 2.24) is 0 Å². The average Bonchev–Trinajstić information content (AvgIpc) is 3.59. The van der Waals surface area contributed by atoms with E-state index in [0.29, 0.717) is 16.6 Å². The summed E-state index contributed by atoms with van der Waals surface area (Å²) in [4.78, 5) is 16.1. The van der Waals surface area contributed by atoms with E-state index in [9.17, 15) is 18.1 Å². The van der Waals surface area contributed by atoms with Gasteiger partial charge in [0.1, 0.15) is 13.2 Å². The van der Waals surface area contributed by atoms with Gasteiger partial charge in [0.15, 0.2) is 0 Å². The standard InChI is InChI=1S/C33H56BF2N2O4P/c1-38(2,3)24-26-42-43(39,40)41-25-19-17-15-13-11-9-7-5-4-6-8-10-12-14-16-18-21-30-27-32(37-29-30)28-31-22-20-23-33(31)34(35)36/h20,22-23,27-29,33H,4-19,21,24-26H2,1-3H3/b32-28-. The van der Waals surface area contributed by atoms with Crippen LogP contribution in [-0.2, 0) is 13.6 Å². The molecule has 0 aromatic heterocycles. The molecule has 0 radical (unpaired) electrons. The molecule has 2 rings (SSSR count). The summed E-state index contributed by atoms with van der Waals surface area (Å²) in [6, 6.07) is 0. The number of hydrogen-bond donors (Lipinski definition) is 0. The van der Waals surface area contributed by atoms with Crippen LogP contribution in [0.3, 0.4) is 0 Å². The van der Waals surface area contributed by atoms with Crippen LogP contribution in [0.2, 0.25) is 5.82 Å². The number of likely N-dealkylation sites (N-methyl/N-ethyl adjacent to an activating group) is 1. The first kappa shape index (κ1) is 37.8. The smallest absolute Gasteiger partial charge is 0.549 e. The van der Waals surface area contributed by atoms with Gasteiger partial charge in [-0.1, -0.05) is 108 Å². The number of phosphoric ester groups is 1. The first-order valence-corrected chi connectivity index (χ1v) is 18.1. The maximum Gasteiger partial charge on any atom is 0.549 e. The van der Waals surface area contributed by atoms with Crippen molar-refractivity contribution < 1.29 is 31.6 Å². The van der Waals surface area contributed by atoms with E-state index in [-0.39, 0.29) is 13.2 Å². The van der Waals surface area contributed by atoms with Crippen molar-refractivity contribution in [3.8, 4) is 0 Å². The van der Waals surface area contributed by atoms with Crippen LogP contribution < -0.4 is 4.89 Å². The molecule has 0 saturated heterocycles. The molecule has 2 aliphatic rings. The van der Waals surface area contributed by atoms with Gasteiger partial charge in [0.2, 0.25) is 0 Å². The maximum atomic E-state index is 13.1. The molecular weight excluding hydrogens is 568 g/mol. The topological polar surface area (TPSA) is 71.0 Å². The molecule has 0 spiro atoms. The summed E-state index contributed by atoms with van der Waals surface area (Å²) in [6.45, 7) is 0.976. The molecule has 0 amide bonds. The second kappa shape index (κ2) is 21.4. The van der Waals surface area contributed by atoms with Gasteiger partial charge in [-0.25, -0.2) is 0 Å². The second-order valence-electron chi connectivity index (χ2n) is 13.0. The van der Waals surface area contributed by atoms with Crippen molar-refractivity contribution in [3.63, 3.8) is 0 Å². The summed E-state index contributed by atoms with van der Waals surface area (Å²) in [7, 11) is -0.578. The predicted molar refractivity (Wildman–Crippen MR) is 174 cm³/mol. The zero-order chi connectivity index (χ0) is 31.4. The molecule has 0 aromatic carbocycles. The molecule has 2 unspecified atom stereocenters. The third-order valence-electron chi connectivity index (χ3n) is 7.91. The first-order chi connectivity index (χ1) is 20.6. The number of aliphatic imine (C=N–C) groups is 1. The Kier molecular flexibility index (Phi) is 18.8. The van der Waals surface area contributed by atoms with Crippen LogP contribution in [0.4, 0.5) is 8.63 Å². The van der Waals surface area contributed by atoms with Gasteiger partial charge < -0.3 is 18.4 Å². The van der Waals surface area contributed by atoms with E-state index in [1.54, 1.807) is 24.3 Å². The number of halogens is 2. The number of hydrogen-bond acceptors (Lipinski definition) is 5. The van der Waals surface area contributed by atoms with Crippen molar-refractivity contribution in [2.24, 2.45) is 4.99 Å². The molecule has 0 bridgehead atoms. The molecule has 2 atom stereocenters. The third kappa shape index (κ3) is 18.9. The number of nitrogens with zero attached hydrogens (tertiary/aromatic N) is 2. The molecule has 244 valence electrons. The van der Waals surface area contributed by atoms with Gasteiger partial charge in [-0.05, 0) is 42.6 Å². The van der Waals surface area contributed by atoms with Crippen LogP contribution in [0.5, 0.6) is 0 Å². The van der Waals surface area contributed by atoms with E-state index in [1.165, 1.54) is 82.6 Å². The van der Waals surface area contributed by atoms with Gasteiger partial charge >= 0.3 is 7.27 Å². The van der Waals surface area contributed by atoms with Crippen LogP contribution >= 0.6 is 7.82 Å². The fourth-order valence-corrected chi connectivity index (χ4v) is 5.97. The lowest BCUT2D eigenvalue weighted by Crippen LogP contribution is -2.37. The van der Waals surface area contributed by atoms with Crippen LogP contribution in [0.25, 0.3) is 0 Å². The minimum absolute atomic E-state index is 0.149. The summed E-state index contributed by atoms with van der Waals surface area (Å²) < 4.78 is 48.4. The van der Waals surface area contributed by atoms with Crippen molar-refractivity contribution >= 4 is 21.3 Å². The van der Waals surface area contributed by atoms with Crippen molar-refractivity contribution in [1.29, 1.82) is 0 Å². The summed E-state index contributed by atoms with van der Waals surface area (Å²) in [5.41, 5.74) is 2.62. The normalized spacial score (nSPS) is 18.8. The number of rotatable bonds is 26. The molecule has 1 aliphatic carbocycles. The Morgan fingerprint density at radius 2 is 1.37 bits per heavy atom. The Labute approximate surface area is 260 Å². The van der Waals surface area contributed by atoms with Crippen LogP contribution in [0.15, 0.2) is 52.2 Å². The van der Waals surface area contributed by atoms with E-state index in [2.05, 4.69) is 4.99 Å². The van der Waals surface area contributed by atoms with Gasteiger partial charge in [-0.2, -0.15) is 0 Å². The molecule has 0 N–H and O–H groups in total. The summed E-state index contributed by atoms with van der Waals surface area (Å²) in [5.74, 6) is -0.805. The summed E-state index contributed by atoms with van der Waals surface area (Å²) in [5, 5.41) is 0. The number of unbranched alkanes of at least 4 members (excludes halogenated alkanes) is 15. The van der Waals surface area contributed by atoms with Crippen molar-refractivity contribution in [2.75, 3.05) is 40.9 Å². The van der Waals surface area contributed by atoms with Gasteiger partial charge in [0, 0.05) is 12.0 Å². The SMILES string of the molecule is C[N+](C)(C)CCOP(=O)([O-])OCCCCCCCCCCCCCCCCCCC1=C/C(=C/C2=CC=CC2B(F)F)N=C1. The Hall–Kier alpha value is -1.38. The van der Waals surface area contributed by atoms with Gasteiger partial charge in [0.25, 0.3) is 7.82 Å². The molecular formula is C33H56BF2N2O4P. The zero-order valence-corrected chi connectivity index (χ0v) is 27.9. The van der Waals surface area contributed by atoms with E-state index in [4.69, 9.17) is 9.05 Å². The zero-order valence-electron chi connectivity index (χ0n) is 27.0. The quantitative estimate of drug-likeness (QED) is 0.0417. The lowest BCUT2D eigenvalue weighted by molar-refractivity contribution is -0.870. The van der Waals surface area contributed by atoms with E-state index >= 15 is 0 Å². The van der Waals surface area contributed by atoms with E-state index in [1.807, 2.05) is 33.4 Å². The molecule has 0 fully saturated rings. The molecule has 0 aromatic rings. The van der Waals surface area contributed by atoms with Crippen LogP contribution in [-0.4, -0.2) is 58.9 Å². The highest BCUT2D eigenvalue weighted by Crippen LogP contribution is 2.38. The maximum absolute atomic E-state index is 13.1. The fourth-order valence-electron chi connectivity index (χ4n) is 5.24. The Balaban J connectivity index is 1.31. The molecule has 1 aliphatic heterocycles. The Bertz CT molecular complexity index is 992.